The zero-order chi connectivity index (χ0) is 18.5. The first kappa shape index (κ1) is 18.5. The molecule has 0 amide bonds. The van der Waals surface area contributed by atoms with Crippen molar-refractivity contribution < 1.29 is 4.74 Å². The maximum Gasteiger partial charge on any atom is 0.119 e. The number of benzene rings is 2. The van der Waals surface area contributed by atoms with Gasteiger partial charge in [-0.15, -0.1) is 0 Å². The number of hydrogen-bond acceptors (Lipinski definition) is 2. The van der Waals surface area contributed by atoms with E-state index in [-0.39, 0.29) is 0 Å². The van der Waals surface area contributed by atoms with Gasteiger partial charge >= 0.3 is 0 Å². The molecule has 0 bridgehead atoms. The van der Waals surface area contributed by atoms with E-state index in [1.54, 1.807) is 0 Å². The summed E-state index contributed by atoms with van der Waals surface area (Å²) in [4.78, 5) is 4.81. The summed E-state index contributed by atoms with van der Waals surface area (Å²) >= 11 is 0. The van der Waals surface area contributed by atoms with Gasteiger partial charge in [0.05, 0.1) is 17.6 Å². The summed E-state index contributed by atoms with van der Waals surface area (Å²) in [7, 11) is 0. The Morgan fingerprint density at radius 3 is 2.42 bits per heavy atom. The Morgan fingerprint density at radius 2 is 1.73 bits per heavy atom. The van der Waals surface area contributed by atoms with Gasteiger partial charge in [0.2, 0.25) is 0 Å². The summed E-state index contributed by atoms with van der Waals surface area (Å²) in [6.45, 7) is 10.5. The molecule has 0 saturated heterocycles. The molecule has 0 N–H and O–H groups in total. The van der Waals surface area contributed by atoms with Crippen molar-refractivity contribution in [1.82, 2.24) is 9.55 Å². The monoisotopic (exact) mass is 350 g/mol. The fourth-order valence-corrected chi connectivity index (χ4v) is 3.31. The molecule has 0 aliphatic carbocycles. The summed E-state index contributed by atoms with van der Waals surface area (Å²) in [5.41, 5.74) is 3.68. The van der Waals surface area contributed by atoms with Crippen LogP contribution in [0.2, 0.25) is 0 Å². The van der Waals surface area contributed by atoms with Crippen molar-refractivity contribution in [2.75, 3.05) is 6.61 Å². The molecule has 0 aliphatic heterocycles. The molecule has 3 aromatic rings. The normalized spacial score (nSPS) is 12.7. The molecule has 3 heteroatoms. The molecule has 1 heterocycles. The van der Waals surface area contributed by atoms with Crippen molar-refractivity contribution in [3.63, 3.8) is 0 Å². The van der Waals surface area contributed by atoms with E-state index >= 15 is 0 Å². The smallest absolute Gasteiger partial charge is 0.119 e. The molecular weight excluding hydrogens is 320 g/mol. The van der Waals surface area contributed by atoms with E-state index in [4.69, 9.17) is 9.72 Å². The van der Waals surface area contributed by atoms with Gasteiger partial charge in [-0.05, 0) is 48.6 Å². The van der Waals surface area contributed by atoms with Crippen molar-refractivity contribution in [3.8, 4) is 5.75 Å². The van der Waals surface area contributed by atoms with Crippen molar-refractivity contribution in [3.05, 3.63) is 59.9 Å². The third kappa shape index (κ3) is 4.09. The maximum absolute atomic E-state index is 5.95. The largest absolute Gasteiger partial charge is 0.494 e. The van der Waals surface area contributed by atoms with Gasteiger partial charge in [0.1, 0.15) is 11.6 Å². The van der Waals surface area contributed by atoms with Gasteiger partial charge in [-0.2, -0.15) is 0 Å². The van der Waals surface area contributed by atoms with Gasteiger partial charge in [-0.1, -0.05) is 52.0 Å². The highest BCUT2D eigenvalue weighted by Crippen LogP contribution is 2.23. The molecular formula is C23H30N2O. The Hall–Kier alpha value is -2.29. The molecule has 0 aliphatic rings. The number of ether oxygens (including phenoxy) is 1. The summed E-state index contributed by atoms with van der Waals surface area (Å²) in [6.07, 6.45) is 2.13. The standard InChI is InChI=1S/C23H30N2O/c1-5-18(4)19-11-13-20(14-12-19)26-16-8-15-25-22-10-7-6-9-21(22)24-23(25)17(2)3/h6-7,9-14,17-18H,5,8,15-16H2,1-4H3. The SMILES string of the molecule is CCC(C)c1ccc(OCCCn2c(C(C)C)nc3ccccc32)cc1. The predicted octanol–water partition coefficient (Wildman–Crippen LogP) is 6.14. The van der Waals surface area contributed by atoms with Gasteiger partial charge in [0.15, 0.2) is 0 Å². The Morgan fingerprint density at radius 1 is 1.00 bits per heavy atom. The van der Waals surface area contributed by atoms with E-state index in [0.29, 0.717) is 18.4 Å². The number of fused-ring (bicyclic) bond motifs is 1. The fourth-order valence-electron chi connectivity index (χ4n) is 3.31. The Labute approximate surface area is 157 Å². The highest BCUT2D eigenvalue weighted by Gasteiger charge is 2.13. The molecule has 138 valence electrons. The van der Waals surface area contributed by atoms with Crippen LogP contribution in [0.4, 0.5) is 0 Å². The first-order chi connectivity index (χ1) is 12.6. The highest BCUT2D eigenvalue weighted by molar-refractivity contribution is 5.76. The van der Waals surface area contributed by atoms with Crippen LogP contribution in [0.25, 0.3) is 11.0 Å². The molecule has 0 spiro atoms. The van der Waals surface area contributed by atoms with Crippen LogP contribution in [0, 0.1) is 0 Å². The van der Waals surface area contributed by atoms with Crippen molar-refractivity contribution in [1.29, 1.82) is 0 Å². The average molecular weight is 351 g/mol. The first-order valence-corrected chi connectivity index (χ1v) is 9.78. The van der Waals surface area contributed by atoms with Crippen LogP contribution in [0.5, 0.6) is 5.75 Å². The van der Waals surface area contributed by atoms with Crippen LogP contribution in [0.1, 0.15) is 63.8 Å². The number of rotatable bonds is 8. The first-order valence-electron chi connectivity index (χ1n) is 9.78. The zero-order valence-electron chi connectivity index (χ0n) is 16.4. The number of nitrogens with zero attached hydrogens (tertiary/aromatic N) is 2. The third-order valence-corrected chi connectivity index (χ3v) is 5.06. The molecule has 26 heavy (non-hydrogen) atoms. The van der Waals surface area contributed by atoms with Gasteiger partial charge in [-0.25, -0.2) is 4.98 Å². The van der Waals surface area contributed by atoms with Gasteiger partial charge < -0.3 is 9.30 Å². The van der Waals surface area contributed by atoms with Gasteiger partial charge in [0.25, 0.3) is 0 Å². The molecule has 1 aromatic heterocycles. The minimum atomic E-state index is 0.413. The highest BCUT2D eigenvalue weighted by atomic mass is 16.5. The third-order valence-electron chi connectivity index (χ3n) is 5.06. The van der Waals surface area contributed by atoms with E-state index in [9.17, 15) is 0 Å². The molecule has 3 rings (SSSR count). The summed E-state index contributed by atoms with van der Waals surface area (Å²) in [6, 6.07) is 16.9. The molecule has 0 saturated carbocycles. The van der Waals surface area contributed by atoms with Crippen molar-refractivity contribution in [2.24, 2.45) is 0 Å². The zero-order valence-corrected chi connectivity index (χ0v) is 16.4. The van der Waals surface area contributed by atoms with E-state index in [1.165, 1.54) is 11.1 Å². The quantitative estimate of drug-likeness (QED) is 0.456. The van der Waals surface area contributed by atoms with Gasteiger partial charge in [-0.3, -0.25) is 0 Å². The van der Waals surface area contributed by atoms with Crippen LogP contribution < -0.4 is 4.74 Å². The number of aryl methyl sites for hydroxylation is 1. The maximum atomic E-state index is 5.95. The van der Waals surface area contributed by atoms with Crippen molar-refractivity contribution >= 4 is 11.0 Å². The number of imidazole rings is 1. The second kappa shape index (κ2) is 8.39. The summed E-state index contributed by atoms with van der Waals surface area (Å²) in [5.74, 6) is 3.13. The molecule has 2 aromatic carbocycles. The number of aromatic nitrogens is 2. The van der Waals surface area contributed by atoms with E-state index in [0.717, 1.165) is 36.5 Å². The molecule has 0 fully saturated rings. The van der Waals surface area contributed by atoms with Crippen LogP contribution in [0.15, 0.2) is 48.5 Å². The lowest BCUT2D eigenvalue weighted by molar-refractivity contribution is 0.301. The average Bonchev–Trinajstić information content (AvgIpc) is 3.04. The minimum Gasteiger partial charge on any atom is -0.494 e. The minimum absolute atomic E-state index is 0.413. The van der Waals surface area contributed by atoms with Crippen LogP contribution in [-0.2, 0) is 6.54 Å². The van der Waals surface area contributed by atoms with Crippen molar-refractivity contribution in [2.45, 2.75) is 58.9 Å². The second-order valence-electron chi connectivity index (χ2n) is 7.35. The molecule has 0 radical (unpaired) electrons. The number of para-hydroxylation sites is 2. The lowest BCUT2D eigenvalue weighted by Gasteiger charge is -2.13. The lowest BCUT2D eigenvalue weighted by atomic mass is 9.99. The fraction of sp³-hybridized carbons (Fsp3) is 0.435. The Bertz CT molecular complexity index is 833. The topological polar surface area (TPSA) is 27.1 Å². The molecule has 1 unspecified atom stereocenters. The Balaban J connectivity index is 1.60. The van der Waals surface area contributed by atoms with Crippen LogP contribution in [0.3, 0.4) is 0 Å². The van der Waals surface area contributed by atoms with E-state index in [1.807, 2.05) is 0 Å². The van der Waals surface area contributed by atoms with E-state index < -0.39 is 0 Å². The number of hydrogen-bond donors (Lipinski definition) is 0. The van der Waals surface area contributed by atoms with Crippen LogP contribution >= 0.6 is 0 Å². The second-order valence-corrected chi connectivity index (χ2v) is 7.35. The summed E-state index contributed by atoms with van der Waals surface area (Å²) in [5, 5.41) is 0. The lowest BCUT2D eigenvalue weighted by Crippen LogP contribution is -2.09. The molecule has 3 nitrogen and oxygen atoms in total. The van der Waals surface area contributed by atoms with E-state index in [2.05, 4.69) is 80.8 Å². The summed E-state index contributed by atoms with van der Waals surface area (Å²) < 4.78 is 8.29. The van der Waals surface area contributed by atoms with Crippen LogP contribution in [-0.4, -0.2) is 16.2 Å². The van der Waals surface area contributed by atoms with Gasteiger partial charge in [0, 0.05) is 12.5 Å². The Kier molecular flexibility index (Phi) is 5.97. The predicted molar refractivity (Wildman–Crippen MR) is 109 cm³/mol. The molecule has 1 atom stereocenters.